The van der Waals surface area contributed by atoms with Crippen LogP contribution in [0.5, 0.6) is 11.5 Å². The third-order valence-corrected chi connectivity index (χ3v) is 7.00. The first-order valence-corrected chi connectivity index (χ1v) is 12.9. The fourth-order valence-electron chi connectivity index (χ4n) is 2.81. The number of hydrogen-bond acceptors (Lipinski definition) is 10. The van der Waals surface area contributed by atoms with Crippen LogP contribution in [0.25, 0.3) is 10.8 Å². The van der Waals surface area contributed by atoms with Gasteiger partial charge in [-0.1, -0.05) is 23.7 Å². The third kappa shape index (κ3) is 4.91. The quantitative estimate of drug-likeness (QED) is 0.234. The molecule has 3 aromatic carbocycles. The summed E-state index contributed by atoms with van der Waals surface area (Å²) >= 11 is 5.73. The van der Waals surface area contributed by atoms with Crippen molar-refractivity contribution in [3.63, 3.8) is 0 Å². The van der Waals surface area contributed by atoms with Crippen molar-refractivity contribution in [3.05, 3.63) is 41.4 Å². The molecule has 3 aromatic rings. The van der Waals surface area contributed by atoms with Crippen molar-refractivity contribution in [2.45, 2.75) is 14.7 Å². The molecule has 0 aliphatic carbocycles. The Labute approximate surface area is 190 Å². The average Bonchev–Trinajstić information content (AvgIpc) is 2.66. The Hall–Kier alpha value is -2.86. The van der Waals surface area contributed by atoms with Gasteiger partial charge in [-0.15, -0.1) is 10.2 Å². The van der Waals surface area contributed by atoms with Gasteiger partial charge < -0.3 is 10.2 Å². The summed E-state index contributed by atoms with van der Waals surface area (Å²) in [5, 5.41) is 26.3. The molecular weight excluding hydrogens is 528 g/mol. The van der Waals surface area contributed by atoms with Crippen LogP contribution in [0.4, 0.5) is 11.4 Å². The van der Waals surface area contributed by atoms with Gasteiger partial charge in [0.1, 0.15) is 26.1 Å². The molecule has 33 heavy (non-hydrogen) atoms. The summed E-state index contributed by atoms with van der Waals surface area (Å²) in [4.78, 5) is -2.93. The molecule has 0 saturated carbocycles. The highest BCUT2D eigenvalue weighted by Gasteiger charge is 2.26. The molecule has 0 bridgehead atoms. The number of fused-ring (bicyclic) bond motifs is 1. The van der Waals surface area contributed by atoms with Gasteiger partial charge in [0.15, 0.2) is 11.5 Å². The fourth-order valence-corrected chi connectivity index (χ4v) is 5.09. The number of phenols is 2. The molecule has 0 radical (unpaired) electrons. The topological polar surface area (TPSA) is 228 Å². The maximum Gasteiger partial charge on any atom is 0.298 e. The Bertz CT molecular complexity index is 1670. The number of benzene rings is 3. The molecule has 0 heterocycles. The van der Waals surface area contributed by atoms with Crippen molar-refractivity contribution >= 4 is 64.1 Å². The molecule has 17 heteroatoms. The van der Waals surface area contributed by atoms with E-state index < -0.39 is 73.3 Å². The summed E-state index contributed by atoms with van der Waals surface area (Å²) in [6.45, 7) is 0. The predicted molar refractivity (Wildman–Crippen MR) is 112 cm³/mol. The van der Waals surface area contributed by atoms with E-state index in [1.807, 2.05) is 0 Å². The predicted octanol–water partition coefficient (Wildman–Crippen LogP) is 3.06. The van der Waals surface area contributed by atoms with Gasteiger partial charge >= 0.3 is 0 Å². The number of phenolic OH excluding ortho intramolecular Hbond substituents is 2. The number of hydrogen-bond donors (Lipinski definition) is 5. The fraction of sp³-hybridized carbons (Fsp3) is 0. The standard InChI is InChI=1S/C16H11ClN2O11S3/c17-8-5-9(15(20)12(6-8)33(28,29)30)18-19-14-11(32(25,26)27)4-7-2-1-3-10(31(22,23)24)13(7)16(14)21/h1-6,20-21H,(H,22,23,24)(H,25,26,27)(H,28,29,30). The van der Waals surface area contributed by atoms with Gasteiger partial charge in [0.2, 0.25) is 0 Å². The molecule has 176 valence electrons. The summed E-state index contributed by atoms with van der Waals surface area (Å²) in [7, 11) is -15.0. The summed E-state index contributed by atoms with van der Waals surface area (Å²) in [5.74, 6) is -2.29. The molecular formula is C16H11ClN2O11S3. The lowest BCUT2D eigenvalue weighted by molar-refractivity contribution is 0.444. The Kier molecular flexibility index (Phi) is 6.13. The van der Waals surface area contributed by atoms with Crippen LogP contribution >= 0.6 is 11.6 Å². The van der Waals surface area contributed by atoms with E-state index in [0.29, 0.717) is 6.07 Å². The van der Waals surface area contributed by atoms with Crippen LogP contribution in [0, 0.1) is 0 Å². The molecule has 0 aromatic heterocycles. The minimum Gasteiger partial charge on any atom is -0.505 e. The van der Waals surface area contributed by atoms with Crippen LogP contribution < -0.4 is 0 Å². The smallest absolute Gasteiger partial charge is 0.298 e. The van der Waals surface area contributed by atoms with E-state index in [-0.39, 0.29) is 10.4 Å². The lowest BCUT2D eigenvalue weighted by atomic mass is 10.1. The van der Waals surface area contributed by atoms with E-state index in [0.717, 1.165) is 24.3 Å². The van der Waals surface area contributed by atoms with E-state index in [4.69, 9.17) is 11.6 Å². The van der Waals surface area contributed by atoms with Gasteiger partial charge in [-0.3, -0.25) is 13.7 Å². The van der Waals surface area contributed by atoms with Crippen molar-refractivity contribution in [1.82, 2.24) is 0 Å². The average molecular weight is 539 g/mol. The van der Waals surface area contributed by atoms with Crippen LogP contribution in [-0.4, -0.2) is 49.1 Å². The number of rotatable bonds is 5. The van der Waals surface area contributed by atoms with Gasteiger partial charge in [0.05, 0.1) is 0 Å². The molecule has 0 saturated heterocycles. The van der Waals surface area contributed by atoms with Crippen molar-refractivity contribution in [2.75, 3.05) is 0 Å². The molecule has 3 rings (SSSR count). The zero-order valence-electron chi connectivity index (χ0n) is 15.6. The first-order valence-electron chi connectivity index (χ1n) is 8.17. The van der Waals surface area contributed by atoms with Crippen LogP contribution in [-0.2, 0) is 30.4 Å². The number of azo groups is 1. The summed E-state index contributed by atoms with van der Waals surface area (Å²) in [6.07, 6.45) is 0. The Morgan fingerprint density at radius 3 is 1.82 bits per heavy atom. The third-order valence-electron chi connectivity index (χ3n) is 4.15. The summed E-state index contributed by atoms with van der Waals surface area (Å²) < 4.78 is 97.9. The van der Waals surface area contributed by atoms with Crippen LogP contribution in [0.1, 0.15) is 0 Å². The maximum atomic E-state index is 11.8. The van der Waals surface area contributed by atoms with Crippen molar-refractivity contribution in [2.24, 2.45) is 10.2 Å². The monoisotopic (exact) mass is 538 g/mol. The molecule has 0 amide bonds. The van der Waals surface area contributed by atoms with Gasteiger partial charge in [-0.2, -0.15) is 25.3 Å². The Balaban J connectivity index is 2.40. The highest BCUT2D eigenvalue weighted by molar-refractivity contribution is 7.86. The first-order chi connectivity index (χ1) is 15.0. The lowest BCUT2D eigenvalue weighted by Gasteiger charge is -2.11. The van der Waals surface area contributed by atoms with Crippen LogP contribution in [0.15, 0.2) is 61.3 Å². The molecule has 0 unspecified atom stereocenters. The van der Waals surface area contributed by atoms with Crippen LogP contribution in [0.3, 0.4) is 0 Å². The van der Waals surface area contributed by atoms with Gasteiger partial charge in [-0.25, -0.2) is 0 Å². The SMILES string of the molecule is O=S(=O)(O)c1cc(Cl)cc(N=Nc2c(S(=O)(=O)O)cc3cccc(S(=O)(=O)O)c3c2O)c1O. The second-order valence-corrected chi connectivity index (χ2v) is 10.9. The Morgan fingerprint density at radius 2 is 1.27 bits per heavy atom. The largest absolute Gasteiger partial charge is 0.505 e. The second-order valence-electron chi connectivity index (χ2n) is 6.32. The Morgan fingerprint density at radius 1 is 0.697 bits per heavy atom. The summed E-state index contributed by atoms with van der Waals surface area (Å²) in [6, 6.07) is 5.47. The molecule has 0 aliphatic heterocycles. The number of nitrogens with zero attached hydrogens (tertiary/aromatic N) is 2. The molecule has 0 atom stereocenters. The van der Waals surface area contributed by atoms with E-state index in [1.54, 1.807) is 0 Å². The molecule has 0 aliphatic rings. The molecule has 0 spiro atoms. The van der Waals surface area contributed by atoms with Crippen molar-refractivity contribution < 1.29 is 49.1 Å². The zero-order chi connectivity index (χ0) is 24.9. The second kappa shape index (κ2) is 8.17. The van der Waals surface area contributed by atoms with Gasteiger partial charge in [-0.05, 0) is 29.7 Å². The van der Waals surface area contributed by atoms with E-state index >= 15 is 0 Å². The lowest BCUT2D eigenvalue weighted by Crippen LogP contribution is -2.02. The maximum absolute atomic E-state index is 11.8. The normalized spacial score (nSPS) is 13.1. The molecule has 13 nitrogen and oxygen atoms in total. The molecule has 5 N–H and O–H groups in total. The number of aromatic hydroxyl groups is 2. The van der Waals surface area contributed by atoms with Crippen molar-refractivity contribution in [3.8, 4) is 11.5 Å². The van der Waals surface area contributed by atoms with E-state index in [9.17, 15) is 49.1 Å². The van der Waals surface area contributed by atoms with Gasteiger partial charge in [0.25, 0.3) is 30.4 Å². The highest BCUT2D eigenvalue weighted by atomic mass is 35.5. The van der Waals surface area contributed by atoms with E-state index in [2.05, 4.69) is 10.2 Å². The van der Waals surface area contributed by atoms with Crippen molar-refractivity contribution in [1.29, 1.82) is 0 Å². The molecule has 0 fully saturated rings. The first kappa shape index (κ1) is 24.8. The minimum atomic E-state index is -5.10. The zero-order valence-corrected chi connectivity index (χ0v) is 18.9. The highest BCUT2D eigenvalue weighted by Crippen LogP contribution is 2.45. The number of halogens is 1. The van der Waals surface area contributed by atoms with E-state index in [1.165, 1.54) is 6.07 Å². The minimum absolute atomic E-state index is 0.228. The van der Waals surface area contributed by atoms with Gasteiger partial charge in [0, 0.05) is 10.4 Å². The van der Waals surface area contributed by atoms with Crippen LogP contribution in [0.2, 0.25) is 5.02 Å². The summed E-state index contributed by atoms with van der Waals surface area (Å²) in [5.41, 5.74) is -1.73.